The molecule has 3 aromatic rings. The molecular formula is C25H19ClFNO4S. The molecule has 0 aromatic heterocycles. The van der Waals surface area contributed by atoms with Crippen LogP contribution in [0.15, 0.2) is 77.7 Å². The molecule has 33 heavy (non-hydrogen) atoms. The van der Waals surface area contributed by atoms with E-state index in [2.05, 4.69) is 0 Å². The molecule has 1 aliphatic rings. The summed E-state index contributed by atoms with van der Waals surface area (Å²) in [7, 11) is 0. The van der Waals surface area contributed by atoms with Crippen molar-refractivity contribution in [3.05, 3.63) is 99.7 Å². The van der Waals surface area contributed by atoms with Crippen molar-refractivity contribution in [2.24, 2.45) is 0 Å². The lowest BCUT2D eigenvalue weighted by Gasteiger charge is -2.13. The number of amides is 2. The van der Waals surface area contributed by atoms with E-state index >= 15 is 0 Å². The van der Waals surface area contributed by atoms with Crippen molar-refractivity contribution in [1.29, 1.82) is 0 Å². The summed E-state index contributed by atoms with van der Waals surface area (Å²) in [6, 6.07) is 20.3. The first-order chi connectivity index (χ1) is 16.0. The minimum atomic E-state index is -0.373. The predicted octanol–water partition coefficient (Wildman–Crippen LogP) is 6.17. The summed E-state index contributed by atoms with van der Waals surface area (Å²) in [5.74, 6) is 0.432. The van der Waals surface area contributed by atoms with Gasteiger partial charge >= 0.3 is 0 Å². The molecule has 1 saturated heterocycles. The zero-order valence-corrected chi connectivity index (χ0v) is 18.9. The predicted molar refractivity (Wildman–Crippen MR) is 127 cm³/mol. The summed E-state index contributed by atoms with van der Waals surface area (Å²) in [6.07, 6.45) is 1.64. The van der Waals surface area contributed by atoms with Crippen molar-refractivity contribution in [2.45, 2.75) is 6.61 Å². The minimum absolute atomic E-state index is 0.0836. The van der Waals surface area contributed by atoms with E-state index in [9.17, 15) is 14.0 Å². The normalized spacial score (nSPS) is 14.7. The molecule has 8 heteroatoms. The molecule has 5 nitrogen and oxygen atoms in total. The highest BCUT2D eigenvalue weighted by Gasteiger charge is 2.34. The van der Waals surface area contributed by atoms with E-state index in [-0.39, 0.29) is 36.7 Å². The zero-order valence-electron chi connectivity index (χ0n) is 17.4. The Hall–Kier alpha value is -3.29. The van der Waals surface area contributed by atoms with Crippen LogP contribution in [0.1, 0.15) is 11.1 Å². The van der Waals surface area contributed by atoms with Crippen LogP contribution in [-0.2, 0) is 11.4 Å². The summed E-state index contributed by atoms with van der Waals surface area (Å²) in [6.45, 7) is 0.392. The van der Waals surface area contributed by atoms with E-state index in [1.165, 1.54) is 6.07 Å². The molecule has 1 aliphatic heterocycles. The Bertz CT molecular complexity index is 1200. The second-order valence-corrected chi connectivity index (χ2v) is 8.52. The monoisotopic (exact) mass is 483 g/mol. The van der Waals surface area contributed by atoms with E-state index in [1.807, 2.05) is 0 Å². The van der Waals surface area contributed by atoms with Crippen LogP contribution in [0.4, 0.5) is 9.18 Å². The largest absolute Gasteiger partial charge is 0.492 e. The number of hydrogen-bond acceptors (Lipinski definition) is 5. The molecule has 1 fully saturated rings. The molecule has 0 saturated carbocycles. The van der Waals surface area contributed by atoms with Gasteiger partial charge in [0.15, 0.2) is 0 Å². The number of hydrogen-bond donors (Lipinski definition) is 0. The van der Waals surface area contributed by atoms with Gasteiger partial charge in [0.25, 0.3) is 11.1 Å². The van der Waals surface area contributed by atoms with Crippen molar-refractivity contribution in [3.8, 4) is 11.5 Å². The van der Waals surface area contributed by atoms with Crippen molar-refractivity contribution in [3.63, 3.8) is 0 Å². The third kappa shape index (κ3) is 5.94. The van der Waals surface area contributed by atoms with E-state index in [0.717, 1.165) is 16.7 Å². The second kappa shape index (κ2) is 10.6. The lowest BCUT2D eigenvalue weighted by Crippen LogP contribution is -2.32. The first kappa shape index (κ1) is 22.9. The maximum absolute atomic E-state index is 13.8. The number of thioether (sulfide) groups is 1. The molecular weight excluding hydrogens is 465 g/mol. The minimum Gasteiger partial charge on any atom is -0.492 e. The number of halogens is 2. The van der Waals surface area contributed by atoms with Gasteiger partial charge in [0.2, 0.25) is 0 Å². The topological polar surface area (TPSA) is 55.8 Å². The van der Waals surface area contributed by atoms with Crippen LogP contribution in [0.2, 0.25) is 5.02 Å². The van der Waals surface area contributed by atoms with Gasteiger partial charge in [0.05, 0.1) is 11.4 Å². The van der Waals surface area contributed by atoms with Crippen molar-refractivity contribution < 1.29 is 23.5 Å². The average Bonchev–Trinajstić information content (AvgIpc) is 3.07. The number of carbonyl (C=O) groups is 2. The number of benzene rings is 3. The maximum Gasteiger partial charge on any atom is 0.293 e. The Labute approximate surface area is 199 Å². The first-order valence-corrected chi connectivity index (χ1v) is 11.3. The molecule has 0 bridgehead atoms. The van der Waals surface area contributed by atoms with Crippen molar-refractivity contribution >= 4 is 40.6 Å². The molecule has 3 aromatic carbocycles. The standard InChI is InChI=1S/C25H19ClFNO4S/c26-19-8-10-20(11-9-19)31-13-12-28-24(29)23(33-25(28)30)15-17-4-3-6-21(14-17)32-16-18-5-1-2-7-22(18)27/h1-11,14-15H,12-13,16H2/b23-15-. The van der Waals surface area contributed by atoms with Gasteiger partial charge in [-0.3, -0.25) is 14.5 Å². The molecule has 0 atom stereocenters. The van der Waals surface area contributed by atoms with Crippen molar-refractivity contribution in [1.82, 2.24) is 4.90 Å². The van der Waals surface area contributed by atoms with Gasteiger partial charge in [0.1, 0.15) is 30.5 Å². The number of imide groups is 1. The third-order valence-electron chi connectivity index (χ3n) is 4.78. The molecule has 0 radical (unpaired) electrons. The number of carbonyl (C=O) groups excluding carboxylic acids is 2. The van der Waals surface area contributed by atoms with E-state index < -0.39 is 0 Å². The summed E-state index contributed by atoms with van der Waals surface area (Å²) in [5.41, 5.74) is 1.15. The Morgan fingerprint density at radius 2 is 1.73 bits per heavy atom. The van der Waals surface area contributed by atoms with Gasteiger partial charge < -0.3 is 9.47 Å². The number of rotatable bonds is 8. The lowest BCUT2D eigenvalue weighted by atomic mass is 10.2. The van der Waals surface area contributed by atoms with Gasteiger partial charge in [-0.15, -0.1) is 0 Å². The van der Waals surface area contributed by atoms with Crippen LogP contribution in [0.3, 0.4) is 0 Å². The van der Waals surface area contributed by atoms with Gasteiger partial charge in [-0.2, -0.15) is 0 Å². The Morgan fingerprint density at radius 1 is 0.939 bits per heavy atom. The smallest absolute Gasteiger partial charge is 0.293 e. The Balaban J connectivity index is 1.37. The lowest BCUT2D eigenvalue weighted by molar-refractivity contribution is -0.123. The van der Waals surface area contributed by atoms with Crippen molar-refractivity contribution in [2.75, 3.05) is 13.2 Å². The average molecular weight is 484 g/mol. The van der Waals surface area contributed by atoms with Crippen LogP contribution in [0.5, 0.6) is 11.5 Å². The molecule has 0 N–H and O–H groups in total. The Morgan fingerprint density at radius 3 is 2.52 bits per heavy atom. The van der Waals surface area contributed by atoms with Crippen LogP contribution < -0.4 is 9.47 Å². The SMILES string of the molecule is O=C1S/C(=C\c2cccc(OCc3ccccc3F)c2)C(=O)N1CCOc1ccc(Cl)cc1. The van der Waals surface area contributed by atoms with E-state index in [1.54, 1.807) is 72.8 Å². The van der Waals surface area contributed by atoms with Crippen LogP contribution in [0.25, 0.3) is 6.08 Å². The van der Waals surface area contributed by atoms with Crippen LogP contribution >= 0.6 is 23.4 Å². The molecule has 1 heterocycles. The summed E-state index contributed by atoms with van der Waals surface area (Å²) >= 11 is 6.72. The van der Waals surface area contributed by atoms with E-state index in [4.69, 9.17) is 21.1 Å². The molecule has 4 rings (SSSR count). The fourth-order valence-electron chi connectivity index (χ4n) is 3.10. The maximum atomic E-state index is 13.8. The van der Waals surface area contributed by atoms with Gasteiger partial charge in [-0.05, 0) is 65.9 Å². The highest BCUT2D eigenvalue weighted by molar-refractivity contribution is 8.18. The Kier molecular flexibility index (Phi) is 7.32. The van der Waals surface area contributed by atoms with E-state index in [0.29, 0.717) is 32.6 Å². The molecule has 0 unspecified atom stereocenters. The van der Waals surface area contributed by atoms with Gasteiger partial charge in [-0.1, -0.05) is 41.9 Å². The fraction of sp³-hybridized carbons (Fsp3) is 0.120. The van der Waals surface area contributed by atoms with Gasteiger partial charge in [-0.25, -0.2) is 4.39 Å². The first-order valence-electron chi connectivity index (χ1n) is 10.1. The number of nitrogens with zero attached hydrogens (tertiary/aromatic N) is 1. The highest BCUT2D eigenvalue weighted by Crippen LogP contribution is 2.32. The van der Waals surface area contributed by atoms with Gasteiger partial charge in [0, 0.05) is 10.6 Å². The molecule has 0 aliphatic carbocycles. The summed E-state index contributed by atoms with van der Waals surface area (Å²) in [4.78, 5) is 26.5. The molecule has 2 amide bonds. The van der Waals surface area contributed by atoms with Crippen LogP contribution in [-0.4, -0.2) is 29.2 Å². The summed E-state index contributed by atoms with van der Waals surface area (Å²) < 4.78 is 25.0. The highest BCUT2D eigenvalue weighted by atomic mass is 35.5. The second-order valence-electron chi connectivity index (χ2n) is 7.09. The third-order valence-corrected chi connectivity index (χ3v) is 5.94. The quantitative estimate of drug-likeness (QED) is 0.358. The fourth-order valence-corrected chi connectivity index (χ4v) is 4.09. The number of ether oxygens (including phenoxy) is 2. The molecule has 168 valence electrons. The molecule has 0 spiro atoms. The summed E-state index contributed by atoms with van der Waals surface area (Å²) in [5, 5.41) is 0.248. The zero-order chi connectivity index (χ0) is 23.2. The van der Waals surface area contributed by atoms with Crippen LogP contribution in [0, 0.1) is 5.82 Å².